The predicted molar refractivity (Wildman–Crippen MR) is 66.2 cm³/mol. The highest BCUT2D eigenvalue weighted by Crippen LogP contribution is 2.22. The molecule has 2 nitrogen and oxygen atoms in total. The van der Waals surface area contributed by atoms with Crippen LogP contribution in [0.15, 0.2) is 49.6 Å². The van der Waals surface area contributed by atoms with Gasteiger partial charge in [0.05, 0.1) is 13.2 Å². The Morgan fingerprint density at radius 3 is 2.19 bits per heavy atom. The van der Waals surface area contributed by atoms with Gasteiger partial charge in [-0.1, -0.05) is 36.4 Å². The number of aryl methyl sites for hydroxylation is 1. The molecule has 0 radical (unpaired) electrons. The van der Waals surface area contributed by atoms with E-state index in [4.69, 9.17) is 9.47 Å². The highest BCUT2D eigenvalue weighted by molar-refractivity contribution is 5.26. The highest BCUT2D eigenvalue weighted by atomic mass is 16.7. The summed E-state index contributed by atoms with van der Waals surface area (Å²) in [6, 6.07) is 8.02. The van der Waals surface area contributed by atoms with Crippen LogP contribution in [-0.4, -0.2) is 13.2 Å². The molecule has 0 unspecified atom stereocenters. The molecule has 2 heteroatoms. The normalized spacial score (nSPS) is 10.4. The lowest BCUT2D eigenvalue weighted by molar-refractivity contribution is -0.131. The van der Waals surface area contributed by atoms with Crippen molar-refractivity contribution < 1.29 is 9.47 Å². The topological polar surface area (TPSA) is 18.5 Å². The zero-order chi connectivity index (χ0) is 11.8. The van der Waals surface area contributed by atoms with Gasteiger partial charge in [-0.2, -0.15) is 0 Å². The van der Waals surface area contributed by atoms with Crippen LogP contribution in [0.1, 0.15) is 17.4 Å². The van der Waals surface area contributed by atoms with E-state index in [1.807, 2.05) is 31.2 Å². The Kier molecular flexibility index (Phi) is 5.54. The summed E-state index contributed by atoms with van der Waals surface area (Å²) in [5, 5.41) is 0. The molecule has 0 N–H and O–H groups in total. The largest absolute Gasteiger partial charge is 0.344 e. The molecule has 1 aromatic rings. The van der Waals surface area contributed by atoms with Gasteiger partial charge in [-0.15, -0.1) is 13.2 Å². The van der Waals surface area contributed by atoms with E-state index in [0.29, 0.717) is 13.2 Å². The van der Waals surface area contributed by atoms with Crippen molar-refractivity contribution in [2.45, 2.75) is 13.2 Å². The highest BCUT2D eigenvalue weighted by Gasteiger charge is 2.13. The van der Waals surface area contributed by atoms with E-state index in [1.54, 1.807) is 12.2 Å². The first kappa shape index (κ1) is 12.7. The van der Waals surface area contributed by atoms with Crippen LogP contribution in [0, 0.1) is 6.92 Å². The van der Waals surface area contributed by atoms with Gasteiger partial charge in [0.2, 0.25) is 0 Å². The lowest BCUT2D eigenvalue weighted by atomic mass is 10.1. The second-order valence-electron chi connectivity index (χ2n) is 3.43. The molecule has 0 bridgehead atoms. The van der Waals surface area contributed by atoms with Gasteiger partial charge in [-0.3, -0.25) is 0 Å². The Hall–Kier alpha value is -1.38. The van der Waals surface area contributed by atoms with Gasteiger partial charge in [0.15, 0.2) is 6.29 Å². The van der Waals surface area contributed by atoms with Gasteiger partial charge in [0, 0.05) is 5.56 Å². The SMILES string of the molecule is C=CCOC(OCC=C)c1ccccc1C. The van der Waals surface area contributed by atoms with Crippen LogP contribution in [-0.2, 0) is 9.47 Å². The van der Waals surface area contributed by atoms with E-state index in [9.17, 15) is 0 Å². The van der Waals surface area contributed by atoms with Crippen LogP contribution >= 0.6 is 0 Å². The Balaban J connectivity index is 2.77. The molecule has 0 saturated heterocycles. The molecule has 0 saturated carbocycles. The minimum Gasteiger partial charge on any atom is -0.344 e. The molecule has 0 aromatic heterocycles. The fourth-order valence-corrected chi connectivity index (χ4v) is 1.39. The van der Waals surface area contributed by atoms with Crippen molar-refractivity contribution in [3.63, 3.8) is 0 Å². The predicted octanol–water partition coefficient (Wildman–Crippen LogP) is 3.40. The summed E-state index contributed by atoms with van der Waals surface area (Å²) in [4.78, 5) is 0. The monoisotopic (exact) mass is 218 g/mol. The van der Waals surface area contributed by atoms with Crippen molar-refractivity contribution in [3.8, 4) is 0 Å². The summed E-state index contributed by atoms with van der Waals surface area (Å²) in [6.07, 6.45) is 3.07. The standard InChI is InChI=1S/C14H18O2/c1-4-10-15-14(16-11-5-2)13-9-7-6-8-12(13)3/h4-9,14H,1-2,10-11H2,3H3. The first-order valence-corrected chi connectivity index (χ1v) is 5.30. The maximum Gasteiger partial charge on any atom is 0.184 e. The van der Waals surface area contributed by atoms with Crippen molar-refractivity contribution in [3.05, 3.63) is 60.7 Å². The van der Waals surface area contributed by atoms with E-state index in [-0.39, 0.29) is 6.29 Å². The van der Waals surface area contributed by atoms with Crippen molar-refractivity contribution in [1.29, 1.82) is 0 Å². The van der Waals surface area contributed by atoms with Gasteiger partial charge in [0.25, 0.3) is 0 Å². The summed E-state index contributed by atoms with van der Waals surface area (Å²) in [5.74, 6) is 0. The van der Waals surface area contributed by atoms with E-state index < -0.39 is 0 Å². The zero-order valence-electron chi connectivity index (χ0n) is 9.69. The fraction of sp³-hybridized carbons (Fsp3) is 0.286. The van der Waals surface area contributed by atoms with Crippen molar-refractivity contribution in [1.82, 2.24) is 0 Å². The first-order valence-electron chi connectivity index (χ1n) is 5.30. The van der Waals surface area contributed by atoms with E-state index in [0.717, 1.165) is 11.1 Å². The molecule has 0 spiro atoms. The van der Waals surface area contributed by atoms with Crippen molar-refractivity contribution in [2.24, 2.45) is 0 Å². The molecule has 16 heavy (non-hydrogen) atoms. The van der Waals surface area contributed by atoms with E-state index in [1.165, 1.54) is 0 Å². The number of hydrogen-bond donors (Lipinski definition) is 0. The summed E-state index contributed by atoms with van der Waals surface area (Å²) in [7, 11) is 0. The Bertz CT molecular complexity index is 332. The second kappa shape index (κ2) is 6.99. The van der Waals surface area contributed by atoms with Gasteiger partial charge in [-0.25, -0.2) is 0 Å². The number of rotatable bonds is 7. The lowest BCUT2D eigenvalue weighted by Gasteiger charge is -2.19. The molecular weight excluding hydrogens is 200 g/mol. The molecule has 0 amide bonds. The average molecular weight is 218 g/mol. The van der Waals surface area contributed by atoms with Crippen molar-refractivity contribution >= 4 is 0 Å². The minimum atomic E-state index is -0.350. The third-order valence-corrected chi connectivity index (χ3v) is 2.17. The fourth-order valence-electron chi connectivity index (χ4n) is 1.39. The van der Waals surface area contributed by atoms with E-state index >= 15 is 0 Å². The molecule has 0 heterocycles. The quantitative estimate of drug-likeness (QED) is 0.516. The smallest absolute Gasteiger partial charge is 0.184 e. The number of benzene rings is 1. The number of hydrogen-bond acceptors (Lipinski definition) is 2. The van der Waals surface area contributed by atoms with Crippen LogP contribution in [0.2, 0.25) is 0 Å². The molecular formula is C14H18O2. The average Bonchev–Trinajstić information content (AvgIpc) is 2.31. The Morgan fingerprint density at radius 2 is 1.69 bits per heavy atom. The number of ether oxygens (including phenoxy) is 2. The minimum absolute atomic E-state index is 0.350. The molecule has 0 aliphatic carbocycles. The molecule has 0 fully saturated rings. The van der Waals surface area contributed by atoms with Gasteiger partial charge >= 0.3 is 0 Å². The van der Waals surface area contributed by atoms with Gasteiger partial charge in [-0.05, 0) is 12.5 Å². The van der Waals surface area contributed by atoms with Gasteiger partial charge in [0.1, 0.15) is 0 Å². The third kappa shape index (κ3) is 3.65. The Morgan fingerprint density at radius 1 is 1.12 bits per heavy atom. The molecule has 86 valence electrons. The summed E-state index contributed by atoms with van der Waals surface area (Å²) < 4.78 is 11.1. The molecule has 0 atom stereocenters. The molecule has 1 aromatic carbocycles. The van der Waals surface area contributed by atoms with Crippen LogP contribution < -0.4 is 0 Å². The zero-order valence-corrected chi connectivity index (χ0v) is 9.69. The summed E-state index contributed by atoms with van der Waals surface area (Å²) in [6.45, 7) is 10.2. The molecule has 1 rings (SSSR count). The third-order valence-electron chi connectivity index (χ3n) is 2.17. The Labute approximate surface area is 97.2 Å². The van der Waals surface area contributed by atoms with Crippen LogP contribution in [0.3, 0.4) is 0 Å². The van der Waals surface area contributed by atoms with Crippen molar-refractivity contribution in [2.75, 3.05) is 13.2 Å². The molecule has 0 aliphatic rings. The maximum absolute atomic E-state index is 5.57. The summed E-state index contributed by atoms with van der Waals surface area (Å²) >= 11 is 0. The lowest BCUT2D eigenvalue weighted by Crippen LogP contribution is -2.10. The first-order chi connectivity index (χ1) is 7.79. The maximum atomic E-state index is 5.57. The van der Waals surface area contributed by atoms with Crippen LogP contribution in [0.4, 0.5) is 0 Å². The van der Waals surface area contributed by atoms with Crippen LogP contribution in [0.5, 0.6) is 0 Å². The van der Waals surface area contributed by atoms with Crippen LogP contribution in [0.25, 0.3) is 0 Å². The summed E-state index contributed by atoms with van der Waals surface area (Å²) in [5.41, 5.74) is 2.20. The molecule has 0 aliphatic heterocycles. The second-order valence-corrected chi connectivity index (χ2v) is 3.43. The van der Waals surface area contributed by atoms with E-state index in [2.05, 4.69) is 13.2 Å². The van der Waals surface area contributed by atoms with Gasteiger partial charge < -0.3 is 9.47 Å².